The van der Waals surface area contributed by atoms with E-state index in [4.69, 9.17) is 9.47 Å². The summed E-state index contributed by atoms with van der Waals surface area (Å²) >= 11 is 0. The first-order valence-electron chi connectivity index (χ1n) is 7.72. The van der Waals surface area contributed by atoms with Crippen LogP contribution in [0.1, 0.15) is 45.2 Å². The summed E-state index contributed by atoms with van der Waals surface area (Å²) in [6.45, 7) is 8.29. The van der Waals surface area contributed by atoms with Gasteiger partial charge in [0.15, 0.2) is 0 Å². The van der Waals surface area contributed by atoms with Crippen molar-refractivity contribution in [3.63, 3.8) is 0 Å². The smallest absolute Gasteiger partial charge is 0.124 e. The van der Waals surface area contributed by atoms with Gasteiger partial charge in [0.1, 0.15) is 5.75 Å². The average molecular weight is 275 g/mol. The van der Waals surface area contributed by atoms with Gasteiger partial charge in [-0.15, -0.1) is 0 Å². The molecule has 1 fully saturated rings. The van der Waals surface area contributed by atoms with Crippen molar-refractivity contribution in [1.29, 1.82) is 0 Å². The number of benzene rings is 1. The molecule has 110 valence electrons. The third kappa shape index (κ3) is 2.33. The van der Waals surface area contributed by atoms with E-state index in [0.29, 0.717) is 18.2 Å². The van der Waals surface area contributed by atoms with Crippen LogP contribution in [-0.4, -0.2) is 25.4 Å². The Kier molecular flexibility index (Phi) is 3.74. The van der Waals surface area contributed by atoms with Gasteiger partial charge in [-0.25, -0.2) is 0 Å². The van der Waals surface area contributed by atoms with E-state index in [1.165, 1.54) is 5.56 Å². The van der Waals surface area contributed by atoms with Crippen molar-refractivity contribution >= 4 is 0 Å². The zero-order chi connectivity index (χ0) is 14.2. The van der Waals surface area contributed by atoms with E-state index < -0.39 is 0 Å². The van der Waals surface area contributed by atoms with E-state index in [-0.39, 0.29) is 5.41 Å². The van der Waals surface area contributed by atoms with E-state index in [1.54, 1.807) is 0 Å². The Morgan fingerprint density at radius 2 is 2.15 bits per heavy atom. The lowest BCUT2D eigenvalue weighted by Crippen LogP contribution is -2.61. The second-order valence-electron chi connectivity index (χ2n) is 6.45. The predicted molar refractivity (Wildman–Crippen MR) is 80.0 cm³/mol. The van der Waals surface area contributed by atoms with E-state index in [1.807, 2.05) is 6.07 Å². The highest BCUT2D eigenvalue weighted by Crippen LogP contribution is 2.44. The summed E-state index contributed by atoms with van der Waals surface area (Å²) in [7, 11) is 0. The molecule has 2 aliphatic rings. The van der Waals surface area contributed by atoms with Crippen LogP contribution in [0.3, 0.4) is 0 Å². The van der Waals surface area contributed by atoms with Crippen molar-refractivity contribution in [1.82, 2.24) is 5.32 Å². The molecule has 1 heterocycles. The van der Waals surface area contributed by atoms with Gasteiger partial charge < -0.3 is 14.8 Å². The lowest BCUT2D eigenvalue weighted by molar-refractivity contribution is -0.117. The monoisotopic (exact) mass is 275 g/mol. The molecule has 3 unspecified atom stereocenters. The van der Waals surface area contributed by atoms with E-state index in [9.17, 15) is 0 Å². The fourth-order valence-electron chi connectivity index (χ4n) is 3.41. The van der Waals surface area contributed by atoms with Gasteiger partial charge in [-0.3, -0.25) is 0 Å². The Bertz CT molecular complexity index is 472. The molecule has 0 radical (unpaired) electrons. The summed E-state index contributed by atoms with van der Waals surface area (Å²) in [6, 6.07) is 9.31. The number of nitrogens with one attached hydrogen (secondary N) is 1. The maximum Gasteiger partial charge on any atom is 0.124 e. The van der Waals surface area contributed by atoms with Crippen LogP contribution in [-0.2, 0) is 4.74 Å². The highest BCUT2D eigenvalue weighted by atomic mass is 16.5. The van der Waals surface area contributed by atoms with Crippen LogP contribution in [0.15, 0.2) is 24.3 Å². The largest absolute Gasteiger partial charge is 0.493 e. The molecule has 0 aromatic heterocycles. The Morgan fingerprint density at radius 1 is 1.35 bits per heavy atom. The molecule has 0 bridgehead atoms. The van der Waals surface area contributed by atoms with E-state index in [0.717, 1.165) is 31.8 Å². The number of hydrogen-bond acceptors (Lipinski definition) is 3. The van der Waals surface area contributed by atoms with E-state index in [2.05, 4.69) is 44.3 Å². The topological polar surface area (TPSA) is 30.5 Å². The molecule has 1 aromatic rings. The molecule has 20 heavy (non-hydrogen) atoms. The molecule has 3 nitrogen and oxygen atoms in total. The maximum atomic E-state index is 5.82. The number of fused-ring (bicyclic) bond motifs is 1. The molecule has 1 aliphatic carbocycles. The number of ether oxygens (including phenoxy) is 2. The minimum Gasteiger partial charge on any atom is -0.493 e. The summed E-state index contributed by atoms with van der Waals surface area (Å²) in [5.74, 6) is 1.04. The van der Waals surface area contributed by atoms with Crippen LogP contribution in [0.4, 0.5) is 0 Å². The molecular formula is C17H25NO2. The Labute approximate surface area is 121 Å². The summed E-state index contributed by atoms with van der Waals surface area (Å²) in [5, 5.41) is 3.83. The number of rotatable bonds is 4. The average Bonchev–Trinajstić information content (AvgIpc) is 2.46. The van der Waals surface area contributed by atoms with Gasteiger partial charge in [-0.1, -0.05) is 32.0 Å². The number of hydrogen-bond donors (Lipinski definition) is 1. The van der Waals surface area contributed by atoms with Crippen molar-refractivity contribution in [2.75, 3.05) is 13.2 Å². The van der Waals surface area contributed by atoms with Crippen LogP contribution in [0.5, 0.6) is 5.75 Å². The normalized spacial score (nSPS) is 31.1. The molecule has 3 rings (SSSR count). The van der Waals surface area contributed by atoms with Gasteiger partial charge in [0.05, 0.1) is 12.7 Å². The van der Waals surface area contributed by atoms with Gasteiger partial charge in [0.2, 0.25) is 0 Å². The Balaban J connectivity index is 1.68. The summed E-state index contributed by atoms with van der Waals surface area (Å²) in [4.78, 5) is 0. The fraction of sp³-hybridized carbons (Fsp3) is 0.647. The lowest BCUT2D eigenvalue weighted by atomic mass is 9.64. The van der Waals surface area contributed by atoms with Gasteiger partial charge in [-0.2, -0.15) is 0 Å². The molecule has 3 atom stereocenters. The predicted octanol–water partition coefficient (Wildman–Crippen LogP) is 3.30. The fourth-order valence-corrected chi connectivity index (χ4v) is 3.41. The first-order chi connectivity index (χ1) is 9.63. The zero-order valence-corrected chi connectivity index (χ0v) is 12.7. The van der Waals surface area contributed by atoms with Crippen molar-refractivity contribution in [3.8, 4) is 5.75 Å². The first kappa shape index (κ1) is 13.9. The van der Waals surface area contributed by atoms with Crippen molar-refractivity contribution in [3.05, 3.63) is 29.8 Å². The van der Waals surface area contributed by atoms with Crippen LogP contribution >= 0.6 is 0 Å². The van der Waals surface area contributed by atoms with Gasteiger partial charge in [0, 0.05) is 36.1 Å². The van der Waals surface area contributed by atoms with Crippen molar-refractivity contribution in [2.45, 2.75) is 51.8 Å². The van der Waals surface area contributed by atoms with Crippen LogP contribution in [0, 0.1) is 5.41 Å². The molecule has 1 N–H and O–H groups in total. The summed E-state index contributed by atoms with van der Waals surface area (Å²) in [6.07, 6.45) is 2.54. The quantitative estimate of drug-likeness (QED) is 0.914. The molecular weight excluding hydrogens is 250 g/mol. The van der Waals surface area contributed by atoms with Crippen LogP contribution < -0.4 is 10.1 Å². The summed E-state index contributed by atoms with van der Waals surface area (Å²) < 4.78 is 11.6. The SMILES string of the molecule is CCOC1CC(NC2CCOc3ccccc32)C1(C)C. The third-order valence-electron chi connectivity index (χ3n) is 4.91. The molecule has 1 saturated carbocycles. The van der Waals surface area contributed by atoms with Crippen molar-refractivity contribution < 1.29 is 9.47 Å². The Morgan fingerprint density at radius 3 is 2.90 bits per heavy atom. The van der Waals surface area contributed by atoms with Crippen molar-refractivity contribution in [2.24, 2.45) is 5.41 Å². The number of para-hydroxylation sites is 1. The minimum atomic E-state index is 0.212. The highest BCUT2D eigenvalue weighted by Gasteiger charge is 2.49. The zero-order valence-electron chi connectivity index (χ0n) is 12.7. The Hall–Kier alpha value is -1.06. The minimum absolute atomic E-state index is 0.212. The second kappa shape index (κ2) is 5.38. The maximum absolute atomic E-state index is 5.82. The van der Waals surface area contributed by atoms with E-state index >= 15 is 0 Å². The van der Waals surface area contributed by atoms with Crippen LogP contribution in [0.2, 0.25) is 0 Å². The lowest BCUT2D eigenvalue weighted by Gasteiger charge is -2.53. The molecule has 1 aliphatic heterocycles. The molecule has 1 aromatic carbocycles. The first-order valence-corrected chi connectivity index (χ1v) is 7.72. The molecule has 0 saturated heterocycles. The molecule has 3 heteroatoms. The van der Waals surface area contributed by atoms with Gasteiger partial charge in [-0.05, 0) is 19.4 Å². The highest BCUT2D eigenvalue weighted by molar-refractivity contribution is 5.37. The van der Waals surface area contributed by atoms with Crippen LogP contribution in [0.25, 0.3) is 0 Å². The van der Waals surface area contributed by atoms with Gasteiger partial charge in [0.25, 0.3) is 0 Å². The summed E-state index contributed by atoms with van der Waals surface area (Å²) in [5.41, 5.74) is 1.51. The third-order valence-corrected chi connectivity index (χ3v) is 4.91. The molecule has 0 spiro atoms. The second-order valence-corrected chi connectivity index (χ2v) is 6.45. The molecule has 0 amide bonds. The van der Waals surface area contributed by atoms with Gasteiger partial charge >= 0.3 is 0 Å². The standard InChI is InChI=1S/C17H25NO2/c1-4-19-16-11-15(17(16,2)3)18-13-9-10-20-14-8-6-5-7-12(13)14/h5-8,13,15-16,18H,4,9-11H2,1-3H3.